The van der Waals surface area contributed by atoms with E-state index in [-0.39, 0.29) is 36.5 Å². The maximum atomic E-state index is 13.3. The van der Waals surface area contributed by atoms with Crippen molar-refractivity contribution in [2.75, 3.05) is 19.8 Å². The lowest BCUT2D eigenvalue weighted by Gasteiger charge is -2.61. The first-order chi connectivity index (χ1) is 12.2. The van der Waals surface area contributed by atoms with E-state index in [0.717, 1.165) is 6.42 Å². The summed E-state index contributed by atoms with van der Waals surface area (Å²) in [5.74, 6) is 1.47. The molecule has 0 unspecified atom stereocenters. The molecule has 2 saturated carbocycles. The largest absolute Gasteiger partial charge is 0.462 e. The van der Waals surface area contributed by atoms with Gasteiger partial charge in [0.15, 0.2) is 0 Å². The summed E-state index contributed by atoms with van der Waals surface area (Å²) in [6, 6.07) is 0. The fourth-order valence-electron chi connectivity index (χ4n) is 4.93. The lowest BCUT2D eigenvalue weighted by Crippen LogP contribution is -2.55. The molecule has 2 aliphatic carbocycles. The molecule has 0 radical (unpaired) electrons. The van der Waals surface area contributed by atoms with Gasteiger partial charge in [0, 0.05) is 0 Å². The molecule has 2 fully saturated rings. The lowest BCUT2D eigenvalue weighted by atomic mass is 9.44. The number of hydrogen-bond acceptors (Lipinski definition) is 5. The molecule has 150 valence electrons. The Kier molecular flexibility index (Phi) is 7.15. The average molecular weight is 386 g/mol. The predicted octanol–water partition coefficient (Wildman–Crippen LogP) is 5.41. The third kappa shape index (κ3) is 4.10. The molecule has 5 nitrogen and oxygen atoms in total. The highest BCUT2D eigenvalue weighted by Gasteiger charge is 2.57. The van der Waals surface area contributed by atoms with Gasteiger partial charge in [-0.2, -0.15) is 0 Å². The van der Waals surface area contributed by atoms with E-state index in [4.69, 9.17) is 13.8 Å². The number of carbonyl (C=O) groups is 1. The third-order valence-electron chi connectivity index (χ3n) is 6.15. The van der Waals surface area contributed by atoms with Crippen molar-refractivity contribution in [1.29, 1.82) is 0 Å². The van der Waals surface area contributed by atoms with Gasteiger partial charge in [0.2, 0.25) is 0 Å². The minimum Gasteiger partial charge on any atom is -0.462 e. The number of allylic oxidation sites excluding steroid dienone is 1. The van der Waals surface area contributed by atoms with Crippen LogP contribution in [0.4, 0.5) is 0 Å². The first kappa shape index (κ1) is 21.7. The molecule has 26 heavy (non-hydrogen) atoms. The molecule has 0 N–H and O–H groups in total. The quantitative estimate of drug-likeness (QED) is 0.317. The fourth-order valence-corrected chi connectivity index (χ4v) is 6.59. The monoisotopic (exact) mass is 386 g/mol. The van der Waals surface area contributed by atoms with E-state index in [9.17, 15) is 9.36 Å². The van der Waals surface area contributed by atoms with Gasteiger partial charge >= 0.3 is 13.6 Å². The van der Waals surface area contributed by atoms with Crippen LogP contribution >= 0.6 is 7.60 Å². The number of esters is 1. The van der Waals surface area contributed by atoms with Gasteiger partial charge in [0.25, 0.3) is 0 Å². The Morgan fingerprint density at radius 2 is 1.73 bits per heavy atom. The molecule has 0 amide bonds. The Balaban J connectivity index is 2.40. The first-order valence-electron chi connectivity index (χ1n) is 9.99. The summed E-state index contributed by atoms with van der Waals surface area (Å²) in [5.41, 5.74) is 0.0752. The van der Waals surface area contributed by atoms with Gasteiger partial charge in [-0.3, -0.25) is 4.57 Å². The summed E-state index contributed by atoms with van der Waals surface area (Å²) in [6.45, 7) is 12.7. The van der Waals surface area contributed by atoms with Crippen molar-refractivity contribution in [2.45, 2.75) is 60.8 Å². The van der Waals surface area contributed by atoms with Gasteiger partial charge in [-0.15, -0.1) is 0 Å². The Morgan fingerprint density at radius 3 is 2.27 bits per heavy atom. The van der Waals surface area contributed by atoms with Crippen molar-refractivity contribution >= 4 is 13.6 Å². The van der Waals surface area contributed by atoms with Crippen molar-refractivity contribution in [3.05, 3.63) is 11.4 Å². The predicted molar refractivity (Wildman–Crippen MR) is 103 cm³/mol. The van der Waals surface area contributed by atoms with E-state index < -0.39 is 13.6 Å². The second-order valence-electron chi connectivity index (χ2n) is 8.14. The minimum atomic E-state index is -3.68. The molecule has 0 aromatic heterocycles. The Labute approximate surface area is 158 Å². The average Bonchev–Trinajstić information content (AvgIpc) is 2.55. The van der Waals surface area contributed by atoms with Crippen LogP contribution in [-0.4, -0.2) is 25.8 Å². The number of carbonyl (C=O) groups excluding carboxylic acids is 1. The van der Waals surface area contributed by atoms with Crippen LogP contribution in [0.3, 0.4) is 0 Å². The molecule has 0 spiro atoms. The number of rotatable bonds is 8. The first-order valence-corrected chi connectivity index (χ1v) is 11.5. The van der Waals surface area contributed by atoms with E-state index in [0.29, 0.717) is 17.8 Å². The molecule has 0 bridgehead atoms. The molecule has 0 aromatic carbocycles. The van der Waals surface area contributed by atoms with Crippen LogP contribution in [0, 0.1) is 29.1 Å². The summed E-state index contributed by atoms with van der Waals surface area (Å²) in [7, 11) is -3.68. The van der Waals surface area contributed by atoms with Gasteiger partial charge in [-0.1, -0.05) is 33.3 Å². The number of fused-ring (bicyclic) bond motifs is 1. The van der Waals surface area contributed by atoms with Crippen LogP contribution in [0.2, 0.25) is 0 Å². The molecule has 6 heteroatoms. The summed E-state index contributed by atoms with van der Waals surface area (Å²) < 4.78 is 29.4. The summed E-state index contributed by atoms with van der Waals surface area (Å²) in [5, 5.41) is 0.0813. The highest BCUT2D eigenvalue weighted by atomic mass is 31.2. The van der Waals surface area contributed by atoms with Crippen LogP contribution in [0.5, 0.6) is 0 Å². The third-order valence-corrected chi connectivity index (χ3v) is 8.27. The molecule has 0 aromatic rings. The molecule has 0 saturated heterocycles. The molecule has 0 heterocycles. The zero-order chi connectivity index (χ0) is 19.5. The minimum absolute atomic E-state index is 0.0752. The molecular weight excluding hydrogens is 351 g/mol. The van der Waals surface area contributed by atoms with Crippen molar-refractivity contribution < 1.29 is 23.1 Å². The second kappa shape index (κ2) is 8.58. The van der Waals surface area contributed by atoms with Gasteiger partial charge in [-0.25, -0.2) is 4.79 Å². The highest BCUT2D eigenvalue weighted by molar-refractivity contribution is 7.59. The van der Waals surface area contributed by atoms with E-state index in [1.54, 1.807) is 20.8 Å². The van der Waals surface area contributed by atoms with Crippen LogP contribution in [0.15, 0.2) is 11.4 Å². The van der Waals surface area contributed by atoms with Gasteiger partial charge in [-0.05, 0) is 62.7 Å². The maximum absolute atomic E-state index is 13.3. The van der Waals surface area contributed by atoms with E-state index in [2.05, 4.69) is 20.8 Å². The smallest absolute Gasteiger partial charge is 0.368 e. The molecular formula is C20H35O5P. The van der Waals surface area contributed by atoms with Crippen molar-refractivity contribution in [1.82, 2.24) is 0 Å². The highest BCUT2D eigenvalue weighted by Crippen LogP contribution is 2.65. The molecule has 0 aliphatic heterocycles. The summed E-state index contributed by atoms with van der Waals surface area (Å²) in [4.78, 5) is 12.6. The van der Waals surface area contributed by atoms with E-state index in [1.165, 1.54) is 12.8 Å². The van der Waals surface area contributed by atoms with Crippen LogP contribution in [0.25, 0.3) is 0 Å². The van der Waals surface area contributed by atoms with Crippen molar-refractivity contribution in [3.63, 3.8) is 0 Å². The molecule has 4 atom stereocenters. The standard InChI is InChI=1S/C20H35O5P/c1-7-23-19(21)18(26(22,24-8-2)25-9-3)13-17-15-12-14(4)10-11-16(15)20(17,5)6/h13-17H,7-12H2,1-6H3/b18-13-/t14-,15+,16-,17-/m0/s1. The van der Waals surface area contributed by atoms with E-state index in [1.807, 2.05) is 6.08 Å². The van der Waals surface area contributed by atoms with Crippen molar-refractivity contribution in [3.8, 4) is 0 Å². The van der Waals surface area contributed by atoms with Gasteiger partial charge in [0.1, 0.15) is 5.31 Å². The van der Waals surface area contributed by atoms with Gasteiger partial charge < -0.3 is 13.8 Å². The second-order valence-corrected chi connectivity index (χ2v) is 10.1. The number of ether oxygens (including phenoxy) is 1. The van der Waals surface area contributed by atoms with Crippen LogP contribution in [-0.2, 0) is 23.1 Å². The van der Waals surface area contributed by atoms with Gasteiger partial charge in [0.05, 0.1) is 19.8 Å². The lowest BCUT2D eigenvalue weighted by molar-refractivity contribution is -0.138. The zero-order valence-corrected chi connectivity index (χ0v) is 18.0. The van der Waals surface area contributed by atoms with E-state index >= 15 is 0 Å². The topological polar surface area (TPSA) is 61.8 Å². The number of hydrogen-bond donors (Lipinski definition) is 0. The Hall–Kier alpha value is -0.640. The van der Waals surface area contributed by atoms with Crippen molar-refractivity contribution in [2.24, 2.45) is 29.1 Å². The molecule has 2 aliphatic rings. The Morgan fingerprint density at radius 1 is 1.12 bits per heavy atom. The normalized spacial score (nSPS) is 31.1. The Bertz CT molecular complexity index is 573. The summed E-state index contributed by atoms with van der Waals surface area (Å²) in [6.07, 6.45) is 5.51. The molecule has 2 rings (SSSR count). The summed E-state index contributed by atoms with van der Waals surface area (Å²) >= 11 is 0. The van der Waals surface area contributed by atoms with Crippen LogP contribution in [0.1, 0.15) is 60.8 Å². The fraction of sp³-hybridized carbons (Fsp3) is 0.850. The SMILES string of the molecule is CCOC(=O)/C(=C/[C@H]1[C@@H]2C[C@@H](C)CC[C@@H]2C1(C)C)P(=O)(OCC)OCC. The maximum Gasteiger partial charge on any atom is 0.368 e. The zero-order valence-electron chi connectivity index (χ0n) is 17.1. The van der Waals surface area contributed by atoms with Crippen LogP contribution < -0.4 is 0 Å².